The highest BCUT2D eigenvalue weighted by Gasteiger charge is 2.51. The number of ether oxygens (including phenoxy) is 2. The Bertz CT molecular complexity index is 775. The molecule has 3 unspecified atom stereocenters. The molecule has 1 aromatic rings. The van der Waals surface area contributed by atoms with E-state index in [-0.39, 0.29) is 25.3 Å². The number of nitro groups is 1. The van der Waals surface area contributed by atoms with Crippen LogP contribution >= 0.6 is 23.4 Å². The Morgan fingerprint density at radius 2 is 2.00 bits per heavy atom. The van der Waals surface area contributed by atoms with Gasteiger partial charge in [0.15, 0.2) is 0 Å². The van der Waals surface area contributed by atoms with Crippen LogP contribution in [0.3, 0.4) is 0 Å². The third-order valence-corrected chi connectivity index (χ3v) is 5.76. The Morgan fingerprint density at radius 1 is 1.34 bits per heavy atom. The summed E-state index contributed by atoms with van der Waals surface area (Å²) in [7, 11) is 0. The molecule has 1 aromatic carbocycles. The fourth-order valence-electron chi connectivity index (χ4n) is 2.71. The number of hydrogen-bond donors (Lipinski definition) is 1. The Kier molecular flexibility index (Phi) is 8.09. The third kappa shape index (κ3) is 5.73. The molecule has 1 aliphatic rings. The molecular formula is C17H19ClN2O8S. The van der Waals surface area contributed by atoms with Gasteiger partial charge in [-0.25, -0.2) is 9.59 Å². The van der Waals surface area contributed by atoms with Gasteiger partial charge < -0.3 is 19.5 Å². The maximum Gasteiger partial charge on any atom is 0.508 e. The van der Waals surface area contributed by atoms with Gasteiger partial charge in [-0.15, -0.1) is 11.8 Å². The molecule has 12 heteroatoms. The van der Waals surface area contributed by atoms with Gasteiger partial charge in [-0.05, 0) is 29.9 Å². The summed E-state index contributed by atoms with van der Waals surface area (Å²) in [5.41, 5.74) is -0.953. The second kappa shape index (κ2) is 10.3. The average molecular weight is 447 g/mol. The highest BCUT2D eigenvalue weighted by molar-refractivity contribution is 7.99. The van der Waals surface area contributed by atoms with Gasteiger partial charge in [0.05, 0.1) is 22.8 Å². The Balaban J connectivity index is 1.76. The number of alkyl halides is 1. The first-order chi connectivity index (χ1) is 13.8. The van der Waals surface area contributed by atoms with Crippen molar-refractivity contribution in [3.63, 3.8) is 0 Å². The molecule has 1 aliphatic heterocycles. The number of carbonyl (C=O) groups excluding carboxylic acids is 2. The normalized spacial score (nSPS) is 19.2. The van der Waals surface area contributed by atoms with Gasteiger partial charge in [0.2, 0.25) is 11.4 Å². The number of carboxylic acids is 1. The molecule has 29 heavy (non-hydrogen) atoms. The topological polar surface area (TPSA) is 136 Å². The van der Waals surface area contributed by atoms with Crippen molar-refractivity contribution < 1.29 is 33.9 Å². The van der Waals surface area contributed by atoms with E-state index in [4.69, 9.17) is 26.2 Å². The predicted octanol–water partition coefficient (Wildman–Crippen LogP) is 2.83. The minimum Gasteiger partial charge on any atom is -0.479 e. The van der Waals surface area contributed by atoms with Crippen molar-refractivity contribution in [1.82, 2.24) is 4.90 Å². The number of aliphatic carboxylic acids is 1. The van der Waals surface area contributed by atoms with Crippen LogP contribution in [0.15, 0.2) is 24.3 Å². The molecule has 1 saturated heterocycles. The molecule has 0 spiro atoms. The minimum atomic E-state index is -1.43. The van der Waals surface area contributed by atoms with Crippen molar-refractivity contribution in [3.8, 4) is 0 Å². The maximum atomic E-state index is 12.2. The van der Waals surface area contributed by atoms with Gasteiger partial charge in [0, 0.05) is 12.1 Å². The fraction of sp³-hybridized carbons (Fsp3) is 0.471. The number of carboxylic acid groups (broad SMARTS) is 1. The number of nitro benzene ring substituents is 1. The number of likely N-dealkylation sites (tertiary alicyclic amines) is 1. The van der Waals surface area contributed by atoms with E-state index < -0.39 is 39.7 Å². The molecule has 0 bridgehead atoms. The lowest BCUT2D eigenvalue weighted by Gasteiger charge is -2.47. The lowest BCUT2D eigenvalue weighted by atomic mass is 9.95. The van der Waals surface area contributed by atoms with Crippen molar-refractivity contribution in [2.24, 2.45) is 5.92 Å². The molecule has 2 rings (SSSR count). The third-order valence-electron chi connectivity index (χ3n) is 4.13. The summed E-state index contributed by atoms with van der Waals surface area (Å²) in [6, 6.07) is 5.52. The molecule has 1 N–H and O–H groups in total. The Hall–Kier alpha value is -2.53. The van der Waals surface area contributed by atoms with Crippen LogP contribution in [0, 0.1) is 16.0 Å². The summed E-state index contributed by atoms with van der Waals surface area (Å²) < 4.78 is 9.87. The lowest BCUT2D eigenvalue weighted by molar-refractivity contribution is -0.384. The highest BCUT2D eigenvalue weighted by atomic mass is 35.5. The first-order valence-electron chi connectivity index (χ1n) is 8.59. The van der Waals surface area contributed by atoms with Crippen LogP contribution in [0.4, 0.5) is 10.5 Å². The molecule has 3 atom stereocenters. The van der Waals surface area contributed by atoms with Crippen molar-refractivity contribution in [2.75, 3.05) is 12.4 Å². The quantitative estimate of drug-likeness (QED) is 0.143. The first kappa shape index (κ1) is 22.8. The zero-order chi connectivity index (χ0) is 21.6. The summed E-state index contributed by atoms with van der Waals surface area (Å²) in [6.07, 6.45) is -0.726. The van der Waals surface area contributed by atoms with Crippen molar-refractivity contribution >= 4 is 47.1 Å². The second-order valence-electron chi connectivity index (χ2n) is 5.97. The van der Waals surface area contributed by atoms with E-state index in [1.165, 1.54) is 36.0 Å². The first-order valence-corrected chi connectivity index (χ1v) is 10.1. The lowest BCUT2D eigenvalue weighted by Crippen LogP contribution is -2.63. The number of nitrogens with zero attached hydrogens (tertiary/aromatic N) is 2. The van der Waals surface area contributed by atoms with Crippen LogP contribution in [0.5, 0.6) is 0 Å². The zero-order valence-corrected chi connectivity index (χ0v) is 16.9. The largest absolute Gasteiger partial charge is 0.508 e. The number of amides is 1. The predicted molar refractivity (Wildman–Crippen MR) is 103 cm³/mol. The number of non-ortho nitro benzene ring substituents is 1. The van der Waals surface area contributed by atoms with Gasteiger partial charge in [-0.3, -0.25) is 14.9 Å². The van der Waals surface area contributed by atoms with Crippen LogP contribution in [-0.4, -0.2) is 56.2 Å². The van der Waals surface area contributed by atoms with Crippen LogP contribution in [0.1, 0.15) is 18.9 Å². The van der Waals surface area contributed by atoms with E-state index in [1.807, 2.05) is 6.92 Å². The molecule has 1 heterocycles. The molecule has 0 radical (unpaired) electrons. The highest BCUT2D eigenvalue weighted by Crippen LogP contribution is 2.39. The number of halogens is 1. The molecule has 158 valence electrons. The van der Waals surface area contributed by atoms with E-state index in [2.05, 4.69) is 0 Å². The number of rotatable bonds is 10. The summed E-state index contributed by atoms with van der Waals surface area (Å²) >= 11 is 7.16. The van der Waals surface area contributed by atoms with E-state index in [9.17, 15) is 24.5 Å². The van der Waals surface area contributed by atoms with E-state index in [1.54, 1.807) is 0 Å². The monoisotopic (exact) mass is 446 g/mol. The number of thioether (sulfide) groups is 1. The number of carbonyl (C=O) groups is 3. The Labute approximate surface area is 175 Å². The SMILES string of the molecule is CCSC1C(CCOC(=O)OCc2ccc([N+](=O)[O-])cc2)C(=O)N1C(Cl)C(=O)O. The van der Waals surface area contributed by atoms with Crippen molar-refractivity contribution in [3.05, 3.63) is 39.9 Å². The van der Waals surface area contributed by atoms with Crippen molar-refractivity contribution in [2.45, 2.75) is 30.8 Å². The fourth-order valence-corrected chi connectivity index (χ4v) is 4.21. The number of hydrogen-bond acceptors (Lipinski definition) is 8. The van der Waals surface area contributed by atoms with Crippen molar-refractivity contribution in [1.29, 1.82) is 0 Å². The molecule has 0 aromatic heterocycles. The summed E-state index contributed by atoms with van der Waals surface area (Å²) in [5, 5.41) is 19.2. The summed E-state index contributed by atoms with van der Waals surface area (Å²) in [5.74, 6) is -1.54. The molecule has 10 nitrogen and oxygen atoms in total. The van der Waals surface area contributed by atoms with Gasteiger partial charge in [0.1, 0.15) is 6.61 Å². The van der Waals surface area contributed by atoms with Gasteiger partial charge in [-0.1, -0.05) is 18.5 Å². The minimum absolute atomic E-state index is 0.0721. The standard InChI is InChI=1S/C17H19ClN2O8S/c1-2-29-15-12(14(21)19(15)13(18)16(22)23)7-8-27-17(24)28-9-10-3-5-11(6-4-10)20(25)26/h3-6,12-13,15H,2,7-9H2,1H3,(H,22,23). The molecule has 1 amide bonds. The van der Waals surface area contributed by atoms with E-state index in [0.29, 0.717) is 11.3 Å². The zero-order valence-electron chi connectivity index (χ0n) is 15.4. The van der Waals surface area contributed by atoms with Crippen LogP contribution in [-0.2, 0) is 25.7 Å². The van der Waals surface area contributed by atoms with Crippen LogP contribution in [0.25, 0.3) is 0 Å². The number of benzene rings is 1. The summed E-state index contributed by atoms with van der Waals surface area (Å²) in [6.45, 7) is 1.68. The van der Waals surface area contributed by atoms with Gasteiger partial charge >= 0.3 is 12.1 Å². The maximum absolute atomic E-state index is 12.2. The van der Waals surface area contributed by atoms with Gasteiger partial charge in [0.25, 0.3) is 5.69 Å². The number of β-lactam (4-membered cyclic amide) rings is 1. The van der Waals surface area contributed by atoms with E-state index >= 15 is 0 Å². The average Bonchev–Trinajstić information content (AvgIpc) is 2.69. The smallest absolute Gasteiger partial charge is 0.479 e. The Morgan fingerprint density at radius 3 is 2.55 bits per heavy atom. The molecule has 1 fully saturated rings. The van der Waals surface area contributed by atoms with Gasteiger partial charge in [-0.2, -0.15) is 0 Å². The van der Waals surface area contributed by atoms with E-state index in [0.717, 1.165) is 4.90 Å². The van der Waals surface area contributed by atoms with Crippen LogP contribution < -0.4 is 0 Å². The second-order valence-corrected chi connectivity index (χ2v) is 7.78. The van der Waals surface area contributed by atoms with Crippen LogP contribution in [0.2, 0.25) is 0 Å². The summed E-state index contributed by atoms with van der Waals surface area (Å²) in [4.78, 5) is 46.1. The molecule has 0 aliphatic carbocycles. The molecular weight excluding hydrogens is 428 g/mol. The molecule has 0 saturated carbocycles.